The van der Waals surface area contributed by atoms with Crippen molar-refractivity contribution in [2.45, 2.75) is 33.3 Å². The van der Waals surface area contributed by atoms with Crippen LogP contribution in [0.2, 0.25) is 0 Å². The van der Waals surface area contributed by atoms with E-state index in [-0.39, 0.29) is 5.60 Å². The summed E-state index contributed by atoms with van der Waals surface area (Å²) in [5.74, 6) is 0.527. The summed E-state index contributed by atoms with van der Waals surface area (Å²) in [5.41, 5.74) is 7.34. The molecule has 0 unspecified atom stereocenters. The summed E-state index contributed by atoms with van der Waals surface area (Å²) in [6.45, 7) is 9.16. The predicted molar refractivity (Wildman–Crippen MR) is 72.4 cm³/mol. The van der Waals surface area contributed by atoms with Crippen LogP contribution < -0.4 is 5.73 Å². The topological polar surface area (TPSA) is 35.2 Å². The van der Waals surface area contributed by atoms with Gasteiger partial charge >= 0.3 is 0 Å². The molecule has 0 radical (unpaired) electrons. The number of nitrogen functional groups attached to an aromatic ring is 1. The molecule has 0 heterocycles. The summed E-state index contributed by atoms with van der Waals surface area (Å²) in [7, 11) is 0. The summed E-state index contributed by atoms with van der Waals surface area (Å²) in [6.07, 6.45) is 0. The van der Waals surface area contributed by atoms with E-state index in [1.165, 1.54) is 0 Å². The van der Waals surface area contributed by atoms with Gasteiger partial charge in [-0.25, -0.2) is 0 Å². The normalized spacial score (nSPS) is 12.1. The third-order valence-corrected chi connectivity index (χ3v) is 3.11. The molecule has 0 saturated carbocycles. The van der Waals surface area contributed by atoms with Gasteiger partial charge < -0.3 is 10.5 Å². The Morgan fingerprint density at radius 1 is 1.38 bits per heavy atom. The molecule has 2 N–H and O–H groups in total. The molecule has 0 bridgehead atoms. The Morgan fingerprint density at radius 2 is 2.00 bits per heavy atom. The van der Waals surface area contributed by atoms with Crippen molar-refractivity contribution in [2.24, 2.45) is 5.92 Å². The molecule has 1 aromatic carbocycles. The fraction of sp³-hybridized carbons (Fsp3) is 0.538. The van der Waals surface area contributed by atoms with Crippen LogP contribution in [0, 0.1) is 5.92 Å². The van der Waals surface area contributed by atoms with E-state index in [9.17, 15) is 0 Å². The number of hydrogen-bond acceptors (Lipinski definition) is 2. The van der Waals surface area contributed by atoms with Gasteiger partial charge in [-0.05, 0) is 43.5 Å². The van der Waals surface area contributed by atoms with Crippen LogP contribution in [0.3, 0.4) is 0 Å². The van der Waals surface area contributed by atoms with E-state index in [4.69, 9.17) is 10.5 Å². The highest BCUT2D eigenvalue weighted by Crippen LogP contribution is 2.32. The standard InChI is InChI=1S/C13H20BrNO/c1-9(2)8-16-13(3,4)11-7-10(15)5-6-12(11)14/h5-7,9H,8,15H2,1-4H3. The van der Waals surface area contributed by atoms with Crippen LogP contribution >= 0.6 is 15.9 Å². The Labute approximate surface area is 106 Å². The molecule has 0 aliphatic heterocycles. The molecule has 1 aromatic rings. The second kappa shape index (κ2) is 5.19. The Bertz CT molecular complexity index is 361. The number of anilines is 1. The van der Waals surface area contributed by atoms with Crippen molar-refractivity contribution < 1.29 is 4.74 Å². The van der Waals surface area contributed by atoms with Crippen LogP contribution in [-0.4, -0.2) is 6.61 Å². The zero-order valence-corrected chi connectivity index (χ0v) is 12.0. The molecule has 0 spiro atoms. The lowest BCUT2D eigenvalue weighted by Crippen LogP contribution is -2.24. The van der Waals surface area contributed by atoms with Gasteiger partial charge in [0.15, 0.2) is 0 Å². The van der Waals surface area contributed by atoms with Gasteiger partial charge in [-0.3, -0.25) is 0 Å². The van der Waals surface area contributed by atoms with Crippen molar-refractivity contribution in [3.8, 4) is 0 Å². The van der Waals surface area contributed by atoms with E-state index in [1.54, 1.807) is 0 Å². The fourth-order valence-electron chi connectivity index (χ4n) is 1.46. The Hall–Kier alpha value is -0.540. The Kier molecular flexibility index (Phi) is 4.39. The van der Waals surface area contributed by atoms with Crippen LogP contribution in [-0.2, 0) is 10.3 Å². The summed E-state index contributed by atoms with van der Waals surface area (Å²) < 4.78 is 6.96. The van der Waals surface area contributed by atoms with Gasteiger partial charge in [0.2, 0.25) is 0 Å². The van der Waals surface area contributed by atoms with Crippen molar-refractivity contribution in [2.75, 3.05) is 12.3 Å². The van der Waals surface area contributed by atoms with E-state index in [1.807, 2.05) is 18.2 Å². The molecule has 0 aliphatic carbocycles. The molecule has 0 amide bonds. The largest absolute Gasteiger partial charge is 0.399 e. The molecule has 0 aromatic heterocycles. The van der Waals surface area contributed by atoms with Gasteiger partial charge in [-0.2, -0.15) is 0 Å². The highest BCUT2D eigenvalue weighted by molar-refractivity contribution is 9.10. The first-order valence-corrected chi connectivity index (χ1v) is 6.31. The van der Waals surface area contributed by atoms with Crippen molar-refractivity contribution in [1.82, 2.24) is 0 Å². The summed E-state index contributed by atoms with van der Waals surface area (Å²) >= 11 is 3.54. The smallest absolute Gasteiger partial charge is 0.0887 e. The van der Waals surface area contributed by atoms with Crippen molar-refractivity contribution in [3.63, 3.8) is 0 Å². The second-order valence-corrected chi connectivity index (χ2v) is 5.81. The van der Waals surface area contributed by atoms with E-state index in [2.05, 4.69) is 43.6 Å². The van der Waals surface area contributed by atoms with E-state index in [0.717, 1.165) is 22.3 Å². The number of halogens is 1. The third-order valence-electron chi connectivity index (χ3n) is 2.42. The van der Waals surface area contributed by atoms with Gasteiger partial charge in [-0.1, -0.05) is 29.8 Å². The van der Waals surface area contributed by atoms with Gasteiger partial charge in [0.1, 0.15) is 0 Å². The monoisotopic (exact) mass is 285 g/mol. The molecule has 1 rings (SSSR count). The fourth-order valence-corrected chi connectivity index (χ4v) is 2.18. The van der Waals surface area contributed by atoms with Crippen molar-refractivity contribution >= 4 is 21.6 Å². The lowest BCUT2D eigenvalue weighted by atomic mass is 9.97. The highest BCUT2D eigenvalue weighted by Gasteiger charge is 2.24. The third kappa shape index (κ3) is 3.49. The van der Waals surface area contributed by atoms with Gasteiger partial charge in [0.25, 0.3) is 0 Å². The average Bonchev–Trinajstić information content (AvgIpc) is 2.19. The van der Waals surface area contributed by atoms with Crippen LogP contribution in [0.4, 0.5) is 5.69 Å². The number of hydrogen-bond donors (Lipinski definition) is 1. The number of benzene rings is 1. The molecule has 0 fully saturated rings. The zero-order valence-electron chi connectivity index (χ0n) is 10.4. The summed E-state index contributed by atoms with van der Waals surface area (Å²) in [6, 6.07) is 5.81. The molecular weight excluding hydrogens is 266 g/mol. The lowest BCUT2D eigenvalue weighted by Gasteiger charge is -2.28. The minimum absolute atomic E-state index is 0.321. The van der Waals surface area contributed by atoms with Crippen LogP contribution in [0.5, 0.6) is 0 Å². The zero-order chi connectivity index (χ0) is 12.3. The number of rotatable bonds is 4. The van der Waals surface area contributed by atoms with Crippen LogP contribution in [0.1, 0.15) is 33.3 Å². The van der Waals surface area contributed by atoms with Gasteiger partial charge in [-0.15, -0.1) is 0 Å². The minimum atomic E-state index is -0.321. The number of ether oxygens (including phenoxy) is 1. The van der Waals surface area contributed by atoms with E-state index in [0.29, 0.717) is 5.92 Å². The molecule has 0 saturated heterocycles. The molecule has 16 heavy (non-hydrogen) atoms. The van der Waals surface area contributed by atoms with Gasteiger partial charge in [0.05, 0.1) is 12.2 Å². The van der Waals surface area contributed by atoms with Crippen molar-refractivity contribution in [1.29, 1.82) is 0 Å². The maximum absolute atomic E-state index is 5.93. The minimum Gasteiger partial charge on any atom is -0.399 e. The highest BCUT2D eigenvalue weighted by atomic mass is 79.9. The second-order valence-electron chi connectivity index (χ2n) is 4.95. The first kappa shape index (κ1) is 13.5. The maximum atomic E-state index is 5.93. The van der Waals surface area contributed by atoms with Crippen molar-refractivity contribution in [3.05, 3.63) is 28.2 Å². The quantitative estimate of drug-likeness (QED) is 0.851. The lowest BCUT2D eigenvalue weighted by molar-refractivity contribution is -0.0352. The SMILES string of the molecule is CC(C)COC(C)(C)c1cc(N)ccc1Br. The van der Waals surface area contributed by atoms with E-state index < -0.39 is 0 Å². The molecule has 0 atom stereocenters. The number of nitrogens with two attached hydrogens (primary N) is 1. The van der Waals surface area contributed by atoms with Crippen LogP contribution in [0.25, 0.3) is 0 Å². The Balaban J connectivity index is 2.92. The molecular formula is C13H20BrNO. The first-order chi connectivity index (χ1) is 7.33. The van der Waals surface area contributed by atoms with Gasteiger partial charge in [0, 0.05) is 10.2 Å². The first-order valence-electron chi connectivity index (χ1n) is 5.52. The predicted octanol–water partition coefficient (Wildman–Crippen LogP) is 3.94. The van der Waals surface area contributed by atoms with E-state index >= 15 is 0 Å². The summed E-state index contributed by atoms with van der Waals surface area (Å²) in [4.78, 5) is 0. The Morgan fingerprint density at radius 3 is 2.56 bits per heavy atom. The summed E-state index contributed by atoms with van der Waals surface area (Å²) in [5, 5.41) is 0. The molecule has 90 valence electrons. The maximum Gasteiger partial charge on any atom is 0.0887 e. The average molecular weight is 286 g/mol. The van der Waals surface area contributed by atoms with Crippen LogP contribution in [0.15, 0.2) is 22.7 Å². The molecule has 2 nitrogen and oxygen atoms in total. The molecule has 0 aliphatic rings. The molecule has 3 heteroatoms.